The molecule has 5 heteroatoms. The first-order chi connectivity index (χ1) is 10.7. The summed E-state index contributed by atoms with van der Waals surface area (Å²) in [4.78, 5) is 14.8. The molecule has 2 saturated heterocycles. The van der Waals surface area contributed by atoms with Gasteiger partial charge in [0.2, 0.25) is 0 Å². The molecule has 22 heavy (non-hydrogen) atoms. The van der Waals surface area contributed by atoms with Crippen LogP contribution in [-0.2, 0) is 4.74 Å². The molecule has 3 rings (SSSR count). The fourth-order valence-corrected chi connectivity index (χ4v) is 3.77. The van der Waals surface area contributed by atoms with Crippen LogP contribution in [0.4, 0.5) is 0 Å². The van der Waals surface area contributed by atoms with E-state index < -0.39 is 0 Å². The van der Waals surface area contributed by atoms with Gasteiger partial charge in [-0.1, -0.05) is 12.1 Å². The van der Waals surface area contributed by atoms with Gasteiger partial charge in [-0.25, -0.2) is 0 Å². The molecule has 0 aromatic heterocycles. The second-order valence-electron chi connectivity index (χ2n) is 6.19. The maximum absolute atomic E-state index is 12.2. The van der Waals surface area contributed by atoms with Gasteiger partial charge in [0, 0.05) is 23.7 Å². The van der Waals surface area contributed by atoms with E-state index in [0.29, 0.717) is 17.5 Å². The van der Waals surface area contributed by atoms with Gasteiger partial charge in [-0.15, -0.1) is 0 Å². The predicted molar refractivity (Wildman–Crippen MR) is 90.0 cm³/mol. The summed E-state index contributed by atoms with van der Waals surface area (Å²) in [6.45, 7) is 4.83. The summed E-state index contributed by atoms with van der Waals surface area (Å²) in [5.41, 5.74) is 0.711. The average molecular weight is 367 g/mol. The molecule has 1 amide bonds. The zero-order valence-electron chi connectivity index (χ0n) is 12.8. The van der Waals surface area contributed by atoms with Crippen LogP contribution in [0.15, 0.2) is 28.7 Å². The Labute approximate surface area is 140 Å². The lowest BCUT2D eigenvalue weighted by molar-refractivity contribution is 0.0910. The molecule has 1 aromatic carbocycles. The highest BCUT2D eigenvalue weighted by Crippen LogP contribution is 2.22. The number of nitrogens with zero attached hydrogens (tertiary/aromatic N) is 1. The molecule has 2 aliphatic rings. The number of halogens is 1. The van der Waals surface area contributed by atoms with Crippen molar-refractivity contribution >= 4 is 21.8 Å². The minimum atomic E-state index is 0.0131. The van der Waals surface area contributed by atoms with Gasteiger partial charge < -0.3 is 10.1 Å². The molecule has 2 fully saturated rings. The summed E-state index contributed by atoms with van der Waals surface area (Å²) in [7, 11) is 0. The zero-order valence-corrected chi connectivity index (χ0v) is 14.3. The van der Waals surface area contributed by atoms with Crippen LogP contribution in [0.5, 0.6) is 0 Å². The fourth-order valence-electron chi connectivity index (χ4n) is 3.31. The number of rotatable bonds is 4. The van der Waals surface area contributed by atoms with E-state index in [1.807, 2.05) is 24.3 Å². The highest BCUT2D eigenvalue weighted by Gasteiger charge is 2.27. The normalized spacial score (nSPS) is 23.6. The highest BCUT2D eigenvalue weighted by molar-refractivity contribution is 9.10. The first-order valence-corrected chi connectivity index (χ1v) is 8.88. The lowest BCUT2D eigenvalue weighted by Crippen LogP contribution is -2.44. The van der Waals surface area contributed by atoms with Crippen LogP contribution in [0.25, 0.3) is 0 Å². The van der Waals surface area contributed by atoms with Gasteiger partial charge in [0.15, 0.2) is 0 Å². The fraction of sp³-hybridized carbons (Fsp3) is 0.588. The second-order valence-corrected chi connectivity index (χ2v) is 7.04. The quantitative estimate of drug-likeness (QED) is 0.890. The van der Waals surface area contributed by atoms with Crippen molar-refractivity contribution < 1.29 is 9.53 Å². The molecular weight excluding hydrogens is 344 g/mol. The van der Waals surface area contributed by atoms with Crippen molar-refractivity contribution in [2.24, 2.45) is 5.92 Å². The average Bonchev–Trinajstić information content (AvgIpc) is 3.08. The van der Waals surface area contributed by atoms with Crippen LogP contribution in [-0.4, -0.2) is 49.7 Å². The molecule has 2 heterocycles. The Balaban J connectivity index is 1.43. The number of piperidine rings is 1. The van der Waals surface area contributed by atoms with E-state index in [0.717, 1.165) is 50.2 Å². The lowest BCUT2D eigenvalue weighted by Gasteiger charge is -2.35. The topological polar surface area (TPSA) is 41.6 Å². The Morgan fingerprint density at radius 3 is 2.73 bits per heavy atom. The second kappa shape index (κ2) is 7.57. The number of hydrogen-bond donors (Lipinski definition) is 1. The van der Waals surface area contributed by atoms with E-state index in [1.165, 1.54) is 6.42 Å². The smallest absolute Gasteiger partial charge is 0.252 e. The summed E-state index contributed by atoms with van der Waals surface area (Å²) >= 11 is 3.43. The molecule has 120 valence electrons. The number of benzene rings is 1. The van der Waals surface area contributed by atoms with Crippen LogP contribution in [0.3, 0.4) is 0 Å². The van der Waals surface area contributed by atoms with Crippen molar-refractivity contribution in [1.82, 2.24) is 10.2 Å². The van der Waals surface area contributed by atoms with Crippen molar-refractivity contribution in [2.75, 3.05) is 32.8 Å². The molecule has 2 aliphatic heterocycles. The lowest BCUT2D eigenvalue weighted by atomic mass is 9.95. The first-order valence-electron chi connectivity index (χ1n) is 8.08. The van der Waals surface area contributed by atoms with Gasteiger partial charge in [0.1, 0.15) is 0 Å². The highest BCUT2D eigenvalue weighted by atomic mass is 79.9. The SMILES string of the molecule is O=C(NCC1CCN(C2CCOC2)CC1)c1ccccc1Br. The third-order valence-corrected chi connectivity index (χ3v) is 5.43. The van der Waals surface area contributed by atoms with Gasteiger partial charge in [0.05, 0.1) is 12.2 Å². The number of ether oxygens (including phenoxy) is 1. The van der Waals surface area contributed by atoms with Crippen molar-refractivity contribution in [3.63, 3.8) is 0 Å². The molecule has 1 aromatic rings. The molecule has 0 aliphatic carbocycles. The maximum atomic E-state index is 12.2. The standard InChI is InChI=1S/C17H23BrN2O2/c18-16-4-2-1-3-15(16)17(21)19-11-13-5-8-20(9-6-13)14-7-10-22-12-14/h1-4,13-14H,5-12H2,(H,19,21). The third kappa shape index (κ3) is 3.89. The Kier molecular flexibility index (Phi) is 5.50. The van der Waals surface area contributed by atoms with E-state index in [-0.39, 0.29) is 5.91 Å². The van der Waals surface area contributed by atoms with E-state index >= 15 is 0 Å². The minimum Gasteiger partial charge on any atom is -0.380 e. The molecule has 1 N–H and O–H groups in total. The van der Waals surface area contributed by atoms with Crippen molar-refractivity contribution in [2.45, 2.75) is 25.3 Å². The molecule has 0 radical (unpaired) electrons. The minimum absolute atomic E-state index is 0.0131. The van der Waals surface area contributed by atoms with E-state index in [1.54, 1.807) is 0 Å². The molecule has 1 atom stereocenters. The third-order valence-electron chi connectivity index (χ3n) is 4.74. The first kappa shape index (κ1) is 16.0. The molecule has 4 nitrogen and oxygen atoms in total. The molecular formula is C17H23BrN2O2. The van der Waals surface area contributed by atoms with Crippen LogP contribution < -0.4 is 5.32 Å². The predicted octanol–water partition coefficient (Wildman–Crippen LogP) is 2.68. The van der Waals surface area contributed by atoms with Crippen LogP contribution in [0.1, 0.15) is 29.6 Å². The van der Waals surface area contributed by atoms with Crippen molar-refractivity contribution in [3.05, 3.63) is 34.3 Å². The molecule has 1 unspecified atom stereocenters. The number of hydrogen-bond acceptors (Lipinski definition) is 3. The van der Waals surface area contributed by atoms with E-state index in [9.17, 15) is 4.79 Å². The van der Waals surface area contributed by atoms with Crippen LogP contribution in [0.2, 0.25) is 0 Å². The molecule has 0 bridgehead atoms. The van der Waals surface area contributed by atoms with Gasteiger partial charge in [-0.05, 0) is 66.3 Å². The summed E-state index contributed by atoms with van der Waals surface area (Å²) in [5, 5.41) is 3.08. The van der Waals surface area contributed by atoms with Crippen molar-refractivity contribution in [1.29, 1.82) is 0 Å². The summed E-state index contributed by atoms with van der Waals surface area (Å²) in [5.74, 6) is 0.601. The number of amides is 1. The Morgan fingerprint density at radius 2 is 2.05 bits per heavy atom. The van der Waals surface area contributed by atoms with Gasteiger partial charge in [-0.2, -0.15) is 0 Å². The molecule has 0 spiro atoms. The largest absolute Gasteiger partial charge is 0.380 e. The summed E-state index contributed by atoms with van der Waals surface area (Å²) < 4.78 is 6.32. The summed E-state index contributed by atoms with van der Waals surface area (Å²) in [6, 6.07) is 8.18. The van der Waals surface area contributed by atoms with Gasteiger partial charge in [-0.3, -0.25) is 9.69 Å². The van der Waals surface area contributed by atoms with Crippen LogP contribution in [0, 0.1) is 5.92 Å². The number of nitrogens with one attached hydrogen (secondary N) is 1. The Hall–Kier alpha value is -0.910. The van der Waals surface area contributed by atoms with E-state index in [2.05, 4.69) is 26.1 Å². The number of carbonyl (C=O) groups is 1. The Bertz CT molecular complexity index is 509. The van der Waals surface area contributed by atoms with Gasteiger partial charge >= 0.3 is 0 Å². The summed E-state index contributed by atoms with van der Waals surface area (Å²) in [6.07, 6.45) is 3.49. The molecule has 0 saturated carbocycles. The van der Waals surface area contributed by atoms with Crippen LogP contribution >= 0.6 is 15.9 Å². The maximum Gasteiger partial charge on any atom is 0.252 e. The van der Waals surface area contributed by atoms with E-state index in [4.69, 9.17) is 4.74 Å². The number of carbonyl (C=O) groups excluding carboxylic acids is 1. The van der Waals surface area contributed by atoms with Gasteiger partial charge in [0.25, 0.3) is 5.91 Å². The Morgan fingerprint density at radius 1 is 1.27 bits per heavy atom. The monoisotopic (exact) mass is 366 g/mol. The van der Waals surface area contributed by atoms with Crippen molar-refractivity contribution in [3.8, 4) is 0 Å². The number of likely N-dealkylation sites (tertiary alicyclic amines) is 1. The zero-order chi connectivity index (χ0) is 15.4.